The first-order valence-electron chi connectivity index (χ1n) is 5.80. The van der Waals surface area contributed by atoms with E-state index in [4.69, 9.17) is 4.74 Å². The van der Waals surface area contributed by atoms with E-state index >= 15 is 0 Å². The number of rotatable bonds is 2. The van der Waals surface area contributed by atoms with Crippen molar-refractivity contribution in [1.82, 2.24) is 5.32 Å². The van der Waals surface area contributed by atoms with Crippen LogP contribution in [0.4, 0.5) is 21.0 Å². The van der Waals surface area contributed by atoms with Crippen LogP contribution in [0.1, 0.15) is 12.5 Å². The van der Waals surface area contributed by atoms with Gasteiger partial charge >= 0.3 is 12.1 Å². The zero-order valence-electron chi connectivity index (χ0n) is 10.1. The molecule has 0 aromatic heterocycles. The maximum atomic E-state index is 11.3. The Morgan fingerprint density at radius 3 is 3.11 bits per heavy atom. The smallest absolute Gasteiger partial charge is 0.411 e. The first-order valence-corrected chi connectivity index (χ1v) is 5.80. The third kappa shape index (κ3) is 2.91. The molecule has 0 bridgehead atoms. The molecule has 0 radical (unpaired) electrons. The van der Waals surface area contributed by atoms with Gasteiger partial charge in [-0.05, 0) is 37.1 Å². The first kappa shape index (κ1) is 12.2. The van der Waals surface area contributed by atoms with Gasteiger partial charge in [0, 0.05) is 17.9 Å². The second-order valence-electron chi connectivity index (χ2n) is 3.85. The molecule has 0 atom stereocenters. The fourth-order valence-electron chi connectivity index (χ4n) is 1.76. The highest BCUT2D eigenvalue weighted by molar-refractivity contribution is 5.92. The summed E-state index contributed by atoms with van der Waals surface area (Å²) in [5.41, 5.74) is 2.39. The predicted octanol–water partition coefficient (Wildman–Crippen LogP) is 1.93. The molecule has 1 aliphatic rings. The second-order valence-corrected chi connectivity index (χ2v) is 3.85. The van der Waals surface area contributed by atoms with Crippen LogP contribution in [-0.4, -0.2) is 25.3 Å². The number of carbonyl (C=O) groups is 2. The van der Waals surface area contributed by atoms with Crippen molar-refractivity contribution in [3.63, 3.8) is 0 Å². The van der Waals surface area contributed by atoms with Crippen molar-refractivity contribution in [3.8, 4) is 0 Å². The number of ether oxygens (including phenoxy) is 1. The molecule has 6 nitrogen and oxygen atoms in total. The number of carbonyl (C=O) groups excluding carboxylic acids is 2. The van der Waals surface area contributed by atoms with E-state index < -0.39 is 6.09 Å². The number of nitrogens with one attached hydrogen (secondary N) is 3. The molecule has 0 aliphatic carbocycles. The van der Waals surface area contributed by atoms with E-state index in [-0.39, 0.29) is 6.03 Å². The average molecular weight is 249 g/mol. The maximum Gasteiger partial charge on any atom is 0.411 e. The Hall–Kier alpha value is -2.24. The summed E-state index contributed by atoms with van der Waals surface area (Å²) in [6.45, 7) is 2.65. The molecule has 0 fully saturated rings. The summed E-state index contributed by atoms with van der Waals surface area (Å²) in [6, 6.07) is 5.11. The molecular weight excluding hydrogens is 234 g/mol. The van der Waals surface area contributed by atoms with Gasteiger partial charge < -0.3 is 15.4 Å². The zero-order valence-corrected chi connectivity index (χ0v) is 10.1. The number of hydrogen-bond donors (Lipinski definition) is 3. The summed E-state index contributed by atoms with van der Waals surface area (Å²) in [5, 5.41) is 8.07. The first-order chi connectivity index (χ1) is 8.69. The van der Waals surface area contributed by atoms with E-state index in [0.717, 1.165) is 11.3 Å². The van der Waals surface area contributed by atoms with Crippen molar-refractivity contribution < 1.29 is 14.3 Å². The van der Waals surface area contributed by atoms with Gasteiger partial charge in [0.2, 0.25) is 0 Å². The summed E-state index contributed by atoms with van der Waals surface area (Å²) in [6.07, 6.45) is 0.236. The van der Waals surface area contributed by atoms with Gasteiger partial charge in [-0.3, -0.25) is 5.32 Å². The molecule has 96 valence electrons. The topological polar surface area (TPSA) is 79.5 Å². The minimum absolute atomic E-state index is 0.208. The number of urea groups is 1. The molecule has 1 aromatic rings. The molecule has 0 saturated carbocycles. The lowest BCUT2D eigenvalue weighted by atomic mass is 10.1. The van der Waals surface area contributed by atoms with E-state index in [9.17, 15) is 9.59 Å². The van der Waals surface area contributed by atoms with Crippen molar-refractivity contribution in [2.45, 2.75) is 13.3 Å². The van der Waals surface area contributed by atoms with Crippen LogP contribution in [-0.2, 0) is 11.2 Å². The molecule has 3 amide bonds. The van der Waals surface area contributed by atoms with Gasteiger partial charge in [0.05, 0.1) is 6.61 Å². The van der Waals surface area contributed by atoms with Crippen molar-refractivity contribution >= 4 is 23.5 Å². The molecule has 1 aliphatic heterocycles. The number of anilines is 2. The fourth-order valence-corrected chi connectivity index (χ4v) is 1.76. The van der Waals surface area contributed by atoms with E-state index in [1.165, 1.54) is 0 Å². The van der Waals surface area contributed by atoms with Crippen LogP contribution < -0.4 is 16.0 Å². The second kappa shape index (κ2) is 5.39. The molecule has 1 heterocycles. The molecule has 0 saturated heterocycles. The minimum Gasteiger partial charge on any atom is -0.450 e. The Morgan fingerprint density at radius 1 is 1.50 bits per heavy atom. The Kier molecular flexibility index (Phi) is 3.66. The summed E-state index contributed by atoms with van der Waals surface area (Å²) >= 11 is 0. The monoisotopic (exact) mass is 249 g/mol. The normalized spacial score (nSPS) is 13.7. The fraction of sp³-hybridized carbons (Fsp3) is 0.333. The zero-order chi connectivity index (χ0) is 13.0. The Morgan fingerprint density at radius 2 is 2.33 bits per heavy atom. The van der Waals surface area contributed by atoms with Gasteiger partial charge in [-0.15, -0.1) is 0 Å². The van der Waals surface area contributed by atoms with Crippen LogP contribution in [0.3, 0.4) is 0 Å². The largest absolute Gasteiger partial charge is 0.450 e. The summed E-state index contributed by atoms with van der Waals surface area (Å²) in [7, 11) is 0. The van der Waals surface area contributed by atoms with Crippen molar-refractivity contribution in [2.75, 3.05) is 23.8 Å². The standard InChI is InChI=1S/C12H15N3O3/c1-2-18-12(17)14-9-3-4-10-8(7-9)5-6-13-11(16)15-10/h3-4,7H,2,5-6H2,1H3,(H,14,17)(H2,13,15,16). The maximum absolute atomic E-state index is 11.3. The summed E-state index contributed by atoms with van der Waals surface area (Å²) < 4.78 is 4.80. The number of fused-ring (bicyclic) bond motifs is 1. The third-order valence-electron chi connectivity index (χ3n) is 2.56. The van der Waals surface area contributed by atoms with Crippen LogP contribution in [0, 0.1) is 0 Å². The van der Waals surface area contributed by atoms with Gasteiger partial charge in [0.1, 0.15) is 0 Å². The molecule has 2 rings (SSSR count). The molecule has 0 unspecified atom stereocenters. The van der Waals surface area contributed by atoms with Gasteiger partial charge in [-0.2, -0.15) is 0 Å². The van der Waals surface area contributed by atoms with Crippen LogP contribution in [0.2, 0.25) is 0 Å². The van der Waals surface area contributed by atoms with Crippen molar-refractivity contribution in [3.05, 3.63) is 23.8 Å². The van der Waals surface area contributed by atoms with Gasteiger partial charge in [-0.25, -0.2) is 9.59 Å². The molecular formula is C12H15N3O3. The van der Waals surface area contributed by atoms with Crippen LogP contribution in [0.5, 0.6) is 0 Å². The van der Waals surface area contributed by atoms with Crippen molar-refractivity contribution in [2.24, 2.45) is 0 Å². The van der Waals surface area contributed by atoms with Crippen molar-refractivity contribution in [1.29, 1.82) is 0 Å². The molecule has 6 heteroatoms. The van der Waals surface area contributed by atoms with E-state index in [0.29, 0.717) is 25.3 Å². The molecule has 3 N–H and O–H groups in total. The lowest BCUT2D eigenvalue weighted by molar-refractivity contribution is 0.168. The van der Waals surface area contributed by atoms with E-state index in [1.54, 1.807) is 19.1 Å². The van der Waals surface area contributed by atoms with Crippen LogP contribution in [0.25, 0.3) is 0 Å². The molecule has 0 spiro atoms. The Bertz CT molecular complexity index is 474. The number of amides is 3. The number of benzene rings is 1. The SMILES string of the molecule is CCOC(=O)Nc1ccc2c(c1)CCNC(=O)N2. The average Bonchev–Trinajstić information content (AvgIpc) is 2.50. The molecule has 18 heavy (non-hydrogen) atoms. The lowest BCUT2D eigenvalue weighted by Gasteiger charge is -2.09. The molecule has 1 aromatic carbocycles. The van der Waals surface area contributed by atoms with Gasteiger partial charge in [-0.1, -0.05) is 0 Å². The summed E-state index contributed by atoms with van der Waals surface area (Å²) in [4.78, 5) is 22.6. The lowest BCUT2D eigenvalue weighted by Crippen LogP contribution is -2.27. The highest BCUT2D eigenvalue weighted by Crippen LogP contribution is 2.22. The highest BCUT2D eigenvalue weighted by Gasteiger charge is 2.12. The summed E-state index contributed by atoms with van der Waals surface area (Å²) in [5.74, 6) is 0. The van der Waals surface area contributed by atoms with Crippen LogP contribution >= 0.6 is 0 Å². The Balaban J connectivity index is 2.14. The highest BCUT2D eigenvalue weighted by atomic mass is 16.5. The predicted molar refractivity (Wildman–Crippen MR) is 67.8 cm³/mol. The Labute approximate surface area is 105 Å². The van der Waals surface area contributed by atoms with Crippen LogP contribution in [0.15, 0.2) is 18.2 Å². The number of hydrogen-bond acceptors (Lipinski definition) is 3. The minimum atomic E-state index is -0.478. The quantitative estimate of drug-likeness (QED) is 0.749. The van der Waals surface area contributed by atoms with Gasteiger partial charge in [0.15, 0.2) is 0 Å². The van der Waals surface area contributed by atoms with E-state index in [2.05, 4.69) is 16.0 Å². The van der Waals surface area contributed by atoms with Gasteiger partial charge in [0.25, 0.3) is 0 Å². The van der Waals surface area contributed by atoms with E-state index in [1.807, 2.05) is 6.07 Å². The third-order valence-corrected chi connectivity index (χ3v) is 2.56.